The summed E-state index contributed by atoms with van der Waals surface area (Å²) in [7, 11) is 0. The van der Waals surface area contributed by atoms with Crippen LogP contribution in [0.4, 0.5) is 9.18 Å². The van der Waals surface area contributed by atoms with Crippen LogP contribution in [-0.2, 0) is 5.41 Å². The lowest BCUT2D eigenvalue weighted by Gasteiger charge is -2.46. The Balaban J connectivity index is 1.17. The van der Waals surface area contributed by atoms with Crippen LogP contribution in [0, 0.1) is 0 Å². The Morgan fingerprint density at radius 3 is 2.44 bits per heavy atom. The highest BCUT2D eigenvalue weighted by molar-refractivity contribution is 5.75. The first-order valence-corrected chi connectivity index (χ1v) is 13.4. The van der Waals surface area contributed by atoms with Crippen LogP contribution in [0.25, 0.3) is 0 Å². The van der Waals surface area contributed by atoms with Gasteiger partial charge in [-0.3, -0.25) is 9.80 Å². The summed E-state index contributed by atoms with van der Waals surface area (Å²) in [6.07, 6.45) is 5.23. The van der Waals surface area contributed by atoms with Crippen LogP contribution in [0.1, 0.15) is 83.3 Å². The molecule has 3 heterocycles. The van der Waals surface area contributed by atoms with E-state index in [-0.39, 0.29) is 17.5 Å². The number of halogens is 1. The number of nitrogens with one attached hydrogen (secondary N) is 1. The average molecular weight is 477 g/mol. The molecule has 1 N–H and O–H groups in total. The number of likely N-dealkylation sites (tertiary alicyclic amines) is 1. The van der Waals surface area contributed by atoms with Gasteiger partial charge in [-0.2, -0.15) is 4.98 Å². The molecule has 0 unspecified atom stereocenters. The zero-order valence-corrected chi connectivity index (χ0v) is 21.0. The predicted octanol–water partition coefficient (Wildman–Crippen LogP) is 3.30. The molecule has 190 valence electrons. The first-order valence-electron chi connectivity index (χ1n) is 13.4. The van der Waals surface area contributed by atoms with E-state index in [4.69, 9.17) is 4.52 Å². The summed E-state index contributed by atoms with van der Waals surface area (Å²) in [6.45, 7) is 11.8. The van der Waals surface area contributed by atoms with Crippen molar-refractivity contribution in [2.24, 2.45) is 0 Å². The molecule has 1 aromatic rings. The van der Waals surface area contributed by atoms with Gasteiger partial charge in [0.05, 0.1) is 6.04 Å². The van der Waals surface area contributed by atoms with E-state index in [0.29, 0.717) is 31.5 Å². The number of alkyl halides is 1. The molecular weight excluding hydrogens is 435 g/mol. The van der Waals surface area contributed by atoms with Crippen LogP contribution < -0.4 is 5.32 Å². The molecule has 4 aliphatic rings. The smallest absolute Gasteiger partial charge is 0.317 e. The monoisotopic (exact) mass is 476 g/mol. The van der Waals surface area contributed by atoms with E-state index >= 15 is 4.39 Å². The topological polar surface area (TPSA) is 77.7 Å². The van der Waals surface area contributed by atoms with Crippen molar-refractivity contribution in [1.29, 1.82) is 0 Å². The summed E-state index contributed by atoms with van der Waals surface area (Å²) in [5.41, 5.74) is -0.181. The van der Waals surface area contributed by atoms with Crippen molar-refractivity contribution in [3.05, 3.63) is 11.7 Å². The van der Waals surface area contributed by atoms with Crippen molar-refractivity contribution in [2.45, 2.75) is 101 Å². The van der Waals surface area contributed by atoms with E-state index in [9.17, 15) is 4.79 Å². The number of carbonyl (C=O) groups is 1. The molecule has 34 heavy (non-hydrogen) atoms. The zero-order valence-electron chi connectivity index (χ0n) is 21.0. The second kappa shape index (κ2) is 9.72. The number of nitrogens with zero attached hydrogens (tertiary/aromatic N) is 5. The Bertz CT molecular complexity index is 842. The van der Waals surface area contributed by atoms with Crippen molar-refractivity contribution in [1.82, 2.24) is 30.2 Å². The second-order valence-corrected chi connectivity index (χ2v) is 11.4. The molecule has 2 saturated heterocycles. The van der Waals surface area contributed by atoms with Gasteiger partial charge in [-0.15, -0.1) is 0 Å². The van der Waals surface area contributed by atoms with Gasteiger partial charge in [0.2, 0.25) is 5.89 Å². The van der Waals surface area contributed by atoms with Gasteiger partial charge in [0.1, 0.15) is 6.17 Å². The fourth-order valence-corrected chi connectivity index (χ4v) is 5.94. The average Bonchev–Trinajstić information content (AvgIpc) is 3.56. The van der Waals surface area contributed by atoms with E-state index < -0.39 is 12.2 Å². The van der Waals surface area contributed by atoms with Gasteiger partial charge in [-0.05, 0) is 58.8 Å². The third-order valence-electron chi connectivity index (χ3n) is 8.68. The van der Waals surface area contributed by atoms with Crippen molar-refractivity contribution >= 4 is 6.03 Å². The molecule has 0 aromatic carbocycles. The number of amides is 2. The van der Waals surface area contributed by atoms with Crippen LogP contribution in [0.3, 0.4) is 0 Å². The van der Waals surface area contributed by atoms with E-state index in [0.717, 1.165) is 76.4 Å². The lowest BCUT2D eigenvalue weighted by atomic mass is 9.79. The van der Waals surface area contributed by atoms with E-state index in [1.54, 1.807) is 0 Å². The second-order valence-electron chi connectivity index (χ2n) is 11.4. The standard InChI is InChI=1S/C25H41FN6O2/c1-17(2)30-13-15-31(16-14-30)20-6-4-5-19(26)21(20)27-24(33)32-11-9-25(3,10-12-32)23-28-22(34-29-23)18-7-8-18/h17-21H,4-16H2,1-3H3,(H,27,33)/t19-,20+,21+/m1/s1. The molecule has 0 radical (unpaired) electrons. The maximum atomic E-state index is 15.1. The molecule has 3 atom stereocenters. The van der Waals surface area contributed by atoms with E-state index in [1.807, 2.05) is 4.90 Å². The lowest BCUT2D eigenvalue weighted by Crippen LogP contribution is -2.63. The number of carbonyl (C=O) groups excluding carboxylic acids is 1. The first kappa shape index (κ1) is 24.0. The van der Waals surface area contributed by atoms with Gasteiger partial charge in [0.15, 0.2) is 5.82 Å². The predicted molar refractivity (Wildman–Crippen MR) is 128 cm³/mol. The fourth-order valence-electron chi connectivity index (χ4n) is 5.94. The Morgan fingerprint density at radius 2 is 1.79 bits per heavy atom. The summed E-state index contributed by atoms with van der Waals surface area (Å²) in [5.74, 6) is 1.98. The normalized spacial score (nSPS) is 31.1. The van der Waals surface area contributed by atoms with Crippen molar-refractivity contribution in [3.63, 3.8) is 0 Å². The number of urea groups is 1. The van der Waals surface area contributed by atoms with Gasteiger partial charge in [-0.1, -0.05) is 12.1 Å². The number of hydrogen-bond acceptors (Lipinski definition) is 6. The first-order chi connectivity index (χ1) is 16.3. The van der Waals surface area contributed by atoms with Crippen molar-refractivity contribution in [3.8, 4) is 0 Å². The summed E-state index contributed by atoms with van der Waals surface area (Å²) in [6, 6.07) is 0.0559. The van der Waals surface area contributed by atoms with Crippen molar-refractivity contribution < 1.29 is 13.7 Å². The highest BCUT2D eigenvalue weighted by atomic mass is 19.1. The molecule has 0 bridgehead atoms. The van der Waals surface area contributed by atoms with Gasteiger partial charge in [0, 0.05) is 62.7 Å². The molecule has 4 fully saturated rings. The summed E-state index contributed by atoms with van der Waals surface area (Å²) >= 11 is 0. The minimum atomic E-state index is -0.985. The quantitative estimate of drug-likeness (QED) is 0.703. The number of hydrogen-bond donors (Lipinski definition) is 1. The maximum Gasteiger partial charge on any atom is 0.317 e. The Hall–Kier alpha value is -1.74. The number of piperazine rings is 1. The summed E-state index contributed by atoms with van der Waals surface area (Å²) in [5, 5.41) is 7.38. The van der Waals surface area contributed by atoms with Crippen molar-refractivity contribution in [2.75, 3.05) is 39.3 Å². The Morgan fingerprint density at radius 1 is 1.09 bits per heavy atom. The molecular formula is C25H41FN6O2. The lowest BCUT2D eigenvalue weighted by molar-refractivity contribution is 0.0264. The molecule has 9 heteroatoms. The Kier molecular flexibility index (Phi) is 6.86. The molecule has 2 aliphatic heterocycles. The third kappa shape index (κ3) is 4.96. The summed E-state index contributed by atoms with van der Waals surface area (Å²) in [4.78, 5) is 24.6. The van der Waals surface area contributed by atoms with Crippen LogP contribution in [0.15, 0.2) is 4.52 Å². The molecule has 8 nitrogen and oxygen atoms in total. The summed E-state index contributed by atoms with van der Waals surface area (Å²) < 4.78 is 20.6. The minimum Gasteiger partial charge on any atom is -0.339 e. The molecule has 2 aliphatic carbocycles. The SMILES string of the molecule is CC(C)N1CCN([C@H]2CCC[C@@H](F)[C@@H]2NC(=O)N2CCC(C)(c3noc(C4CC4)n3)CC2)CC1. The van der Waals surface area contributed by atoms with Gasteiger partial charge >= 0.3 is 6.03 Å². The van der Waals surface area contributed by atoms with Crippen LogP contribution in [-0.4, -0.2) is 94.4 Å². The van der Waals surface area contributed by atoms with Gasteiger partial charge in [-0.25, -0.2) is 9.18 Å². The molecule has 1 aromatic heterocycles. The highest BCUT2D eigenvalue weighted by Gasteiger charge is 2.42. The van der Waals surface area contributed by atoms with E-state index in [1.165, 1.54) is 0 Å². The number of rotatable bonds is 5. The maximum absolute atomic E-state index is 15.1. The fraction of sp³-hybridized carbons (Fsp3) is 0.880. The van der Waals surface area contributed by atoms with E-state index in [2.05, 4.69) is 46.0 Å². The van der Waals surface area contributed by atoms with Crippen LogP contribution in [0.2, 0.25) is 0 Å². The molecule has 2 saturated carbocycles. The number of aromatic nitrogens is 2. The van der Waals surface area contributed by atoms with Gasteiger partial charge < -0.3 is 14.7 Å². The molecule has 5 rings (SSSR count). The highest BCUT2D eigenvalue weighted by Crippen LogP contribution is 2.41. The zero-order chi connectivity index (χ0) is 23.9. The molecule has 2 amide bonds. The Labute approximate surface area is 202 Å². The largest absolute Gasteiger partial charge is 0.339 e. The van der Waals surface area contributed by atoms with Crippen LogP contribution >= 0.6 is 0 Å². The number of piperidine rings is 1. The van der Waals surface area contributed by atoms with Gasteiger partial charge in [0.25, 0.3) is 0 Å². The minimum absolute atomic E-state index is 0.0808. The third-order valence-corrected chi connectivity index (χ3v) is 8.68. The van der Waals surface area contributed by atoms with Crippen LogP contribution in [0.5, 0.6) is 0 Å². The molecule has 0 spiro atoms.